The Bertz CT molecular complexity index is 1190. The van der Waals surface area contributed by atoms with Crippen molar-refractivity contribution in [2.24, 2.45) is 5.92 Å². The lowest BCUT2D eigenvalue weighted by molar-refractivity contribution is 0.0116. The summed E-state index contributed by atoms with van der Waals surface area (Å²) in [4.78, 5) is 22.1. The maximum absolute atomic E-state index is 12.9. The molecule has 0 bridgehead atoms. The van der Waals surface area contributed by atoms with Crippen molar-refractivity contribution in [3.63, 3.8) is 0 Å². The molecule has 0 radical (unpaired) electrons. The van der Waals surface area contributed by atoms with Gasteiger partial charge in [-0.15, -0.1) is 0 Å². The summed E-state index contributed by atoms with van der Waals surface area (Å²) in [7, 11) is 0. The minimum absolute atomic E-state index is 0.0612. The highest BCUT2D eigenvalue weighted by atomic mass is 16.6. The van der Waals surface area contributed by atoms with E-state index in [0.29, 0.717) is 48.5 Å². The van der Waals surface area contributed by atoms with E-state index < -0.39 is 5.60 Å². The zero-order valence-corrected chi connectivity index (χ0v) is 20.7. The van der Waals surface area contributed by atoms with Crippen LogP contribution in [0.4, 0.5) is 10.6 Å². The third-order valence-corrected chi connectivity index (χ3v) is 6.82. The molecule has 1 atom stereocenters. The van der Waals surface area contributed by atoms with Crippen molar-refractivity contribution in [1.29, 1.82) is 5.26 Å². The quantitative estimate of drug-likeness (QED) is 0.619. The first-order valence-electron chi connectivity index (χ1n) is 12.4. The highest BCUT2D eigenvalue weighted by Gasteiger charge is 2.43. The van der Waals surface area contributed by atoms with E-state index in [1.165, 1.54) is 0 Å². The molecule has 182 valence electrons. The van der Waals surface area contributed by atoms with Crippen LogP contribution in [-0.4, -0.2) is 57.5 Å². The van der Waals surface area contributed by atoms with Crippen LogP contribution in [0, 0.1) is 17.2 Å². The maximum Gasteiger partial charge on any atom is 0.410 e. The van der Waals surface area contributed by atoms with Crippen molar-refractivity contribution >= 4 is 18.0 Å². The van der Waals surface area contributed by atoms with Crippen LogP contribution in [0.2, 0.25) is 0 Å². The van der Waals surface area contributed by atoms with Crippen molar-refractivity contribution in [3.8, 4) is 17.3 Å². The van der Waals surface area contributed by atoms with Gasteiger partial charge in [0.1, 0.15) is 17.5 Å². The number of anilines is 1. The zero-order chi connectivity index (χ0) is 24.7. The van der Waals surface area contributed by atoms with Crippen LogP contribution >= 0.6 is 0 Å². The lowest BCUT2D eigenvalue weighted by atomic mass is 10.0. The fourth-order valence-electron chi connectivity index (χ4n) is 4.77. The molecule has 0 spiro atoms. The third-order valence-electron chi connectivity index (χ3n) is 6.82. The van der Waals surface area contributed by atoms with Gasteiger partial charge in [-0.1, -0.05) is 12.7 Å². The summed E-state index contributed by atoms with van der Waals surface area (Å²) in [5.41, 5.74) is 3.44. The maximum atomic E-state index is 12.9. The Kier molecular flexibility index (Phi) is 5.96. The molecule has 3 fully saturated rings. The van der Waals surface area contributed by atoms with Crippen molar-refractivity contribution in [2.45, 2.75) is 64.0 Å². The summed E-state index contributed by atoms with van der Waals surface area (Å²) < 4.78 is 5.69. The number of hydrogen-bond donors (Lipinski definition) is 0. The monoisotopic (exact) mass is 472 g/mol. The Morgan fingerprint density at radius 1 is 1.23 bits per heavy atom. The Balaban J connectivity index is 1.47. The van der Waals surface area contributed by atoms with Gasteiger partial charge in [-0.2, -0.15) is 15.5 Å². The van der Waals surface area contributed by atoms with E-state index >= 15 is 0 Å². The van der Waals surface area contributed by atoms with E-state index in [1.54, 1.807) is 12.3 Å². The van der Waals surface area contributed by atoms with Crippen molar-refractivity contribution in [1.82, 2.24) is 20.1 Å². The predicted octanol–water partition coefficient (Wildman–Crippen LogP) is 4.77. The first-order chi connectivity index (χ1) is 16.8. The fraction of sp³-hybridized carbons (Fsp3) is 0.519. The number of carbonyl (C=O) groups excluding carboxylic acids is 1. The zero-order valence-electron chi connectivity index (χ0n) is 20.7. The predicted molar refractivity (Wildman–Crippen MR) is 134 cm³/mol. The fourth-order valence-corrected chi connectivity index (χ4v) is 4.77. The second-order valence-corrected chi connectivity index (χ2v) is 10.8. The minimum Gasteiger partial charge on any atom is -0.444 e. The average molecular weight is 473 g/mol. The number of aromatic nitrogens is 3. The van der Waals surface area contributed by atoms with Crippen LogP contribution in [-0.2, 0) is 4.74 Å². The Morgan fingerprint density at radius 3 is 2.63 bits per heavy atom. The number of nitriles is 1. The second-order valence-electron chi connectivity index (χ2n) is 10.8. The lowest BCUT2D eigenvalue weighted by Crippen LogP contribution is -2.57. The molecule has 3 aliphatic rings. The molecule has 0 N–H and O–H groups in total. The third kappa shape index (κ3) is 5.00. The number of pyridine rings is 1. The number of rotatable bonds is 5. The van der Waals surface area contributed by atoms with Crippen LogP contribution < -0.4 is 4.90 Å². The minimum atomic E-state index is -0.529. The Labute approximate surface area is 206 Å². The van der Waals surface area contributed by atoms with Crippen molar-refractivity contribution in [3.05, 3.63) is 41.7 Å². The van der Waals surface area contributed by atoms with Crippen LogP contribution in [0.25, 0.3) is 17.3 Å². The first-order valence-corrected chi connectivity index (χ1v) is 12.4. The molecule has 2 saturated carbocycles. The van der Waals surface area contributed by atoms with Crippen molar-refractivity contribution < 1.29 is 9.53 Å². The molecular weight excluding hydrogens is 440 g/mol. The molecule has 1 saturated heterocycles. The molecule has 8 nitrogen and oxygen atoms in total. The summed E-state index contributed by atoms with van der Waals surface area (Å²) in [6.07, 6.45) is 7.54. The molecule has 1 aliphatic heterocycles. The summed E-state index contributed by atoms with van der Waals surface area (Å²) in [5, 5.41) is 18.5. The van der Waals surface area contributed by atoms with E-state index in [-0.39, 0.29) is 12.1 Å². The number of piperazine rings is 1. The number of carbonyl (C=O) groups is 1. The van der Waals surface area contributed by atoms with Gasteiger partial charge in [0.15, 0.2) is 0 Å². The van der Waals surface area contributed by atoms with Gasteiger partial charge in [0.25, 0.3) is 0 Å². The van der Waals surface area contributed by atoms with Crippen LogP contribution in [0.15, 0.2) is 24.9 Å². The molecule has 2 aromatic rings. The molecule has 5 rings (SSSR count). The van der Waals surface area contributed by atoms with Crippen molar-refractivity contribution in [2.75, 3.05) is 24.5 Å². The van der Waals surface area contributed by atoms with Gasteiger partial charge < -0.3 is 14.5 Å². The molecule has 35 heavy (non-hydrogen) atoms. The average Bonchev–Trinajstić information content (AvgIpc) is 3.75. The van der Waals surface area contributed by atoms with Gasteiger partial charge in [0.2, 0.25) is 0 Å². The smallest absolute Gasteiger partial charge is 0.410 e. The highest BCUT2D eigenvalue weighted by Crippen LogP contribution is 2.45. The number of nitrogens with zero attached hydrogens (tertiary/aromatic N) is 6. The van der Waals surface area contributed by atoms with E-state index in [2.05, 4.69) is 27.7 Å². The molecule has 0 aromatic carbocycles. The SMILES string of the molecule is C=Cc1cnnc(-c2cc(C#N)c(N3CCN(C(=O)OC(C)(C)C)C(C4CC4)C3)nc2C2CC2)c1. The summed E-state index contributed by atoms with van der Waals surface area (Å²) in [6, 6.07) is 6.28. The number of hydrogen-bond acceptors (Lipinski definition) is 7. The largest absolute Gasteiger partial charge is 0.444 e. The lowest BCUT2D eigenvalue weighted by Gasteiger charge is -2.42. The van der Waals surface area contributed by atoms with Gasteiger partial charge in [-0.05, 0) is 70.1 Å². The van der Waals surface area contributed by atoms with Crippen LogP contribution in [0.5, 0.6) is 0 Å². The Morgan fingerprint density at radius 2 is 2.00 bits per heavy atom. The summed E-state index contributed by atoms with van der Waals surface area (Å²) in [5.74, 6) is 1.54. The standard InChI is InChI=1S/C27H32N6O2/c1-5-17-12-22(31-29-15-17)21-13-20(14-28)25(30-24(21)19-8-9-19)32-10-11-33(23(16-32)18-6-7-18)26(34)35-27(2,3)4/h5,12-13,15,18-19,23H,1,6-11,16H2,2-4H3. The van der Waals surface area contributed by atoms with Gasteiger partial charge in [-0.25, -0.2) is 9.78 Å². The number of ether oxygens (including phenoxy) is 1. The first kappa shape index (κ1) is 23.3. The van der Waals surface area contributed by atoms with Gasteiger partial charge in [0.05, 0.1) is 29.2 Å². The van der Waals surface area contributed by atoms with E-state index in [1.807, 2.05) is 37.8 Å². The van der Waals surface area contributed by atoms with Crippen LogP contribution in [0.3, 0.4) is 0 Å². The molecule has 2 aromatic heterocycles. The molecule has 3 heterocycles. The summed E-state index contributed by atoms with van der Waals surface area (Å²) >= 11 is 0. The molecule has 2 aliphatic carbocycles. The van der Waals surface area contributed by atoms with Gasteiger partial charge in [0, 0.05) is 31.1 Å². The highest BCUT2D eigenvalue weighted by molar-refractivity contribution is 5.72. The van der Waals surface area contributed by atoms with Gasteiger partial charge >= 0.3 is 6.09 Å². The van der Waals surface area contributed by atoms with E-state index in [4.69, 9.17) is 9.72 Å². The number of amides is 1. The van der Waals surface area contributed by atoms with Crippen LogP contribution in [0.1, 0.15) is 69.2 Å². The molecule has 1 unspecified atom stereocenters. The Hall–Kier alpha value is -3.47. The molecule has 1 amide bonds. The molecule has 8 heteroatoms. The van der Waals surface area contributed by atoms with E-state index in [0.717, 1.165) is 42.5 Å². The second kappa shape index (κ2) is 8.95. The normalized spacial score (nSPS) is 20.3. The van der Waals surface area contributed by atoms with Gasteiger partial charge in [-0.3, -0.25) is 0 Å². The topological polar surface area (TPSA) is 95.2 Å². The molecular formula is C27H32N6O2. The summed E-state index contributed by atoms with van der Waals surface area (Å²) in [6.45, 7) is 11.3. The van der Waals surface area contributed by atoms with E-state index in [9.17, 15) is 10.1 Å².